The minimum atomic E-state index is 0.225. The molecule has 0 spiro atoms. The van der Waals surface area contributed by atoms with Crippen molar-refractivity contribution in [1.82, 2.24) is 4.90 Å². The molecule has 1 unspecified atom stereocenters. The Labute approximate surface area is 98.1 Å². The van der Waals surface area contributed by atoms with E-state index in [1.165, 1.54) is 0 Å². The number of nitrogens with two attached hydrogens (primary N) is 1. The Bertz CT molecular complexity index is 197. The second kappa shape index (κ2) is 7.63. The molecule has 0 aromatic carbocycles. The SMILES string of the molecule is CCCN(CCN)C(=O)CCC1CCCO1. The maximum absolute atomic E-state index is 11.9. The predicted molar refractivity (Wildman–Crippen MR) is 64.1 cm³/mol. The van der Waals surface area contributed by atoms with Crippen molar-refractivity contribution >= 4 is 5.91 Å². The highest BCUT2D eigenvalue weighted by molar-refractivity contribution is 5.76. The summed E-state index contributed by atoms with van der Waals surface area (Å²) in [7, 11) is 0. The van der Waals surface area contributed by atoms with Crippen LogP contribution in [0.15, 0.2) is 0 Å². The van der Waals surface area contributed by atoms with Crippen LogP contribution in [-0.4, -0.2) is 43.2 Å². The molecule has 1 aliphatic rings. The number of ether oxygens (including phenoxy) is 1. The standard InChI is InChI=1S/C12H24N2O2/c1-2-8-14(9-7-13)12(15)6-5-11-4-3-10-16-11/h11H,2-10,13H2,1H3. The van der Waals surface area contributed by atoms with Crippen molar-refractivity contribution in [2.75, 3.05) is 26.2 Å². The van der Waals surface area contributed by atoms with Gasteiger partial charge >= 0.3 is 0 Å². The molecule has 0 aromatic heterocycles. The van der Waals surface area contributed by atoms with Gasteiger partial charge in [0.2, 0.25) is 5.91 Å². The van der Waals surface area contributed by atoms with E-state index in [2.05, 4.69) is 6.92 Å². The van der Waals surface area contributed by atoms with Crippen LogP contribution < -0.4 is 5.73 Å². The number of nitrogens with zero attached hydrogens (tertiary/aromatic N) is 1. The molecular weight excluding hydrogens is 204 g/mol. The lowest BCUT2D eigenvalue weighted by Gasteiger charge is -2.22. The molecule has 1 saturated heterocycles. The van der Waals surface area contributed by atoms with Gasteiger partial charge in [0, 0.05) is 32.7 Å². The van der Waals surface area contributed by atoms with Crippen molar-refractivity contribution in [2.24, 2.45) is 5.73 Å². The summed E-state index contributed by atoms with van der Waals surface area (Å²) in [5.41, 5.74) is 5.50. The maximum atomic E-state index is 11.9. The molecular formula is C12H24N2O2. The van der Waals surface area contributed by atoms with E-state index in [1.54, 1.807) is 0 Å². The normalized spacial score (nSPS) is 20.0. The molecule has 1 heterocycles. The van der Waals surface area contributed by atoms with Gasteiger partial charge < -0.3 is 15.4 Å². The van der Waals surface area contributed by atoms with Crippen LogP contribution in [0.2, 0.25) is 0 Å². The zero-order valence-corrected chi connectivity index (χ0v) is 10.3. The predicted octanol–water partition coefficient (Wildman–Crippen LogP) is 1.14. The maximum Gasteiger partial charge on any atom is 0.222 e. The van der Waals surface area contributed by atoms with Gasteiger partial charge in [0.15, 0.2) is 0 Å². The summed E-state index contributed by atoms with van der Waals surface area (Å²) in [5.74, 6) is 0.225. The average Bonchev–Trinajstić information content (AvgIpc) is 2.78. The number of hydrogen-bond acceptors (Lipinski definition) is 3. The van der Waals surface area contributed by atoms with Gasteiger partial charge in [-0.05, 0) is 25.7 Å². The monoisotopic (exact) mass is 228 g/mol. The molecule has 0 aromatic rings. The fraction of sp³-hybridized carbons (Fsp3) is 0.917. The van der Waals surface area contributed by atoms with Crippen molar-refractivity contribution in [3.8, 4) is 0 Å². The van der Waals surface area contributed by atoms with Crippen LogP contribution in [0, 0.1) is 0 Å². The van der Waals surface area contributed by atoms with E-state index in [-0.39, 0.29) is 5.91 Å². The van der Waals surface area contributed by atoms with Crippen LogP contribution in [0.5, 0.6) is 0 Å². The first-order valence-corrected chi connectivity index (χ1v) is 6.37. The van der Waals surface area contributed by atoms with Crippen LogP contribution in [0.1, 0.15) is 39.0 Å². The first kappa shape index (κ1) is 13.5. The molecule has 1 amide bonds. The zero-order valence-electron chi connectivity index (χ0n) is 10.3. The van der Waals surface area contributed by atoms with E-state index in [1.807, 2.05) is 4.90 Å². The lowest BCUT2D eigenvalue weighted by Crippen LogP contribution is -2.36. The molecule has 0 saturated carbocycles. The van der Waals surface area contributed by atoms with Crippen LogP contribution in [0.3, 0.4) is 0 Å². The molecule has 1 rings (SSSR count). The van der Waals surface area contributed by atoms with Gasteiger partial charge in [0.25, 0.3) is 0 Å². The summed E-state index contributed by atoms with van der Waals surface area (Å²) in [6.07, 6.45) is 5.02. The van der Waals surface area contributed by atoms with E-state index in [4.69, 9.17) is 10.5 Å². The fourth-order valence-electron chi connectivity index (χ4n) is 2.10. The first-order valence-electron chi connectivity index (χ1n) is 6.37. The van der Waals surface area contributed by atoms with Crippen LogP contribution in [-0.2, 0) is 9.53 Å². The van der Waals surface area contributed by atoms with Crippen molar-refractivity contribution in [2.45, 2.75) is 45.1 Å². The number of rotatable bonds is 7. The molecule has 0 radical (unpaired) electrons. The Morgan fingerprint density at radius 3 is 2.88 bits per heavy atom. The zero-order chi connectivity index (χ0) is 11.8. The van der Waals surface area contributed by atoms with Gasteiger partial charge in [-0.25, -0.2) is 0 Å². The lowest BCUT2D eigenvalue weighted by atomic mass is 10.1. The van der Waals surface area contributed by atoms with Crippen molar-refractivity contribution in [1.29, 1.82) is 0 Å². The molecule has 94 valence electrons. The summed E-state index contributed by atoms with van der Waals surface area (Å²) in [6, 6.07) is 0. The van der Waals surface area contributed by atoms with E-state index in [0.717, 1.165) is 38.8 Å². The first-order chi connectivity index (χ1) is 7.77. The number of hydrogen-bond donors (Lipinski definition) is 1. The largest absolute Gasteiger partial charge is 0.378 e. The van der Waals surface area contributed by atoms with Gasteiger partial charge in [-0.3, -0.25) is 4.79 Å². The number of amides is 1. The van der Waals surface area contributed by atoms with Crippen molar-refractivity contribution in [3.05, 3.63) is 0 Å². The minimum absolute atomic E-state index is 0.225. The Hall–Kier alpha value is -0.610. The second-order valence-corrected chi connectivity index (χ2v) is 4.34. The minimum Gasteiger partial charge on any atom is -0.378 e. The average molecular weight is 228 g/mol. The summed E-state index contributed by atoms with van der Waals surface area (Å²) < 4.78 is 5.51. The lowest BCUT2D eigenvalue weighted by molar-refractivity contribution is -0.131. The van der Waals surface area contributed by atoms with E-state index < -0.39 is 0 Å². The highest BCUT2D eigenvalue weighted by atomic mass is 16.5. The molecule has 0 bridgehead atoms. The number of carbonyl (C=O) groups excluding carboxylic acids is 1. The van der Waals surface area contributed by atoms with Crippen LogP contribution in [0.4, 0.5) is 0 Å². The Morgan fingerprint density at radius 1 is 1.50 bits per heavy atom. The molecule has 1 aliphatic heterocycles. The third kappa shape index (κ3) is 4.49. The quantitative estimate of drug-likeness (QED) is 0.711. The van der Waals surface area contributed by atoms with Gasteiger partial charge in [0.1, 0.15) is 0 Å². The molecule has 1 fully saturated rings. The molecule has 4 nitrogen and oxygen atoms in total. The van der Waals surface area contributed by atoms with Gasteiger partial charge in [-0.2, -0.15) is 0 Å². The highest BCUT2D eigenvalue weighted by Crippen LogP contribution is 2.17. The van der Waals surface area contributed by atoms with Gasteiger partial charge in [-0.15, -0.1) is 0 Å². The Balaban J connectivity index is 2.24. The van der Waals surface area contributed by atoms with E-state index in [0.29, 0.717) is 25.6 Å². The fourth-order valence-corrected chi connectivity index (χ4v) is 2.10. The summed E-state index contributed by atoms with van der Waals surface area (Å²) in [5, 5.41) is 0. The van der Waals surface area contributed by atoms with Crippen molar-refractivity contribution in [3.63, 3.8) is 0 Å². The van der Waals surface area contributed by atoms with Gasteiger partial charge in [-0.1, -0.05) is 6.92 Å². The van der Waals surface area contributed by atoms with E-state index >= 15 is 0 Å². The third-order valence-corrected chi connectivity index (χ3v) is 2.95. The topological polar surface area (TPSA) is 55.6 Å². The Kier molecular flexibility index (Phi) is 6.42. The Morgan fingerprint density at radius 2 is 2.31 bits per heavy atom. The third-order valence-electron chi connectivity index (χ3n) is 2.95. The van der Waals surface area contributed by atoms with Crippen molar-refractivity contribution < 1.29 is 9.53 Å². The highest BCUT2D eigenvalue weighted by Gasteiger charge is 2.18. The summed E-state index contributed by atoms with van der Waals surface area (Å²) in [6.45, 7) is 4.99. The molecule has 1 atom stereocenters. The molecule has 2 N–H and O–H groups in total. The summed E-state index contributed by atoms with van der Waals surface area (Å²) in [4.78, 5) is 13.8. The smallest absolute Gasteiger partial charge is 0.222 e. The molecule has 16 heavy (non-hydrogen) atoms. The number of carbonyl (C=O) groups is 1. The van der Waals surface area contributed by atoms with Crippen LogP contribution in [0.25, 0.3) is 0 Å². The van der Waals surface area contributed by atoms with E-state index in [9.17, 15) is 4.79 Å². The van der Waals surface area contributed by atoms with Crippen LogP contribution >= 0.6 is 0 Å². The second-order valence-electron chi connectivity index (χ2n) is 4.34. The summed E-state index contributed by atoms with van der Waals surface area (Å²) >= 11 is 0. The molecule has 0 aliphatic carbocycles. The molecule has 4 heteroatoms. The van der Waals surface area contributed by atoms with Gasteiger partial charge in [0.05, 0.1) is 6.10 Å².